The van der Waals surface area contributed by atoms with Crippen molar-refractivity contribution in [3.05, 3.63) is 30.1 Å². The van der Waals surface area contributed by atoms with E-state index in [0.29, 0.717) is 5.56 Å². The third kappa shape index (κ3) is 3.67. The second-order valence-corrected chi connectivity index (χ2v) is 4.13. The van der Waals surface area contributed by atoms with Gasteiger partial charge in [0.15, 0.2) is 5.96 Å². The van der Waals surface area contributed by atoms with Crippen LogP contribution in [0.3, 0.4) is 0 Å². The molecule has 0 aromatic carbocycles. The van der Waals surface area contributed by atoms with Crippen molar-refractivity contribution in [2.24, 2.45) is 15.7 Å². The summed E-state index contributed by atoms with van der Waals surface area (Å²) >= 11 is 0. The Kier molecular flexibility index (Phi) is 3.89. The molecule has 20 heavy (non-hydrogen) atoms. The van der Waals surface area contributed by atoms with Gasteiger partial charge in [-0.1, -0.05) is 0 Å². The molecule has 1 unspecified atom stereocenters. The van der Waals surface area contributed by atoms with Crippen LogP contribution in [0, 0.1) is 0 Å². The second kappa shape index (κ2) is 5.45. The Bertz CT molecular complexity index is 513. The highest BCUT2D eigenvalue weighted by atomic mass is 19.4. The number of aromatic nitrogens is 1. The number of nitrogens with one attached hydrogen (secondary N) is 2. The molecular formula is C11H13F3N6. The largest absolute Gasteiger partial charge is 0.390 e. The Labute approximate surface area is 113 Å². The van der Waals surface area contributed by atoms with Gasteiger partial charge in [0.1, 0.15) is 0 Å². The van der Waals surface area contributed by atoms with Crippen molar-refractivity contribution in [1.29, 1.82) is 0 Å². The zero-order chi connectivity index (χ0) is 14.6. The maximum Gasteiger partial charge on any atom is 0.390 e. The lowest BCUT2D eigenvalue weighted by Crippen LogP contribution is -2.58. The lowest BCUT2D eigenvalue weighted by Gasteiger charge is -2.31. The van der Waals surface area contributed by atoms with Crippen molar-refractivity contribution in [2.45, 2.75) is 18.4 Å². The summed E-state index contributed by atoms with van der Waals surface area (Å²) in [6.45, 7) is -0.390. The molecule has 1 atom stereocenters. The molecule has 1 aromatic rings. The molecule has 0 radical (unpaired) electrons. The Morgan fingerprint density at radius 1 is 1.30 bits per heavy atom. The van der Waals surface area contributed by atoms with Crippen molar-refractivity contribution >= 4 is 12.3 Å². The predicted octanol–water partition coefficient (Wildman–Crippen LogP) is 0.680. The number of hydrogen-bond donors (Lipinski definition) is 3. The minimum Gasteiger partial charge on any atom is -0.317 e. The van der Waals surface area contributed by atoms with Gasteiger partial charge >= 0.3 is 6.18 Å². The summed E-state index contributed by atoms with van der Waals surface area (Å²) in [5.41, 5.74) is 6.67. The van der Waals surface area contributed by atoms with Gasteiger partial charge in [0, 0.05) is 18.0 Å². The van der Waals surface area contributed by atoms with Gasteiger partial charge in [0.25, 0.3) is 0 Å². The Morgan fingerprint density at radius 2 is 2.00 bits per heavy atom. The van der Waals surface area contributed by atoms with Crippen LogP contribution < -0.4 is 16.4 Å². The van der Waals surface area contributed by atoms with E-state index in [2.05, 4.69) is 25.6 Å². The van der Waals surface area contributed by atoms with Crippen LogP contribution >= 0.6 is 0 Å². The van der Waals surface area contributed by atoms with Gasteiger partial charge in [-0.3, -0.25) is 15.7 Å². The summed E-state index contributed by atoms with van der Waals surface area (Å²) in [7, 11) is 0. The molecule has 0 bridgehead atoms. The first-order valence-electron chi connectivity index (χ1n) is 5.78. The highest BCUT2D eigenvalue weighted by Gasteiger charge is 2.30. The molecule has 4 N–H and O–H groups in total. The number of nitrogens with two attached hydrogens (primary N) is 1. The highest BCUT2D eigenvalue weighted by Crippen LogP contribution is 2.19. The number of pyridine rings is 1. The minimum absolute atomic E-state index is 0.142. The van der Waals surface area contributed by atoms with Crippen LogP contribution in [0.5, 0.6) is 0 Å². The van der Waals surface area contributed by atoms with Crippen LogP contribution in [-0.2, 0) is 5.79 Å². The maximum absolute atomic E-state index is 12.1. The van der Waals surface area contributed by atoms with Gasteiger partial charge in [0.2, 0.25) is 5.79 Å². The van der Waals surface area contributed by atoms with Crippen molar-refractivity contribution in [3.8, 4) is 0 Å². The zero-order valence-corrected chi connectivity index (χ0v) is 10.4. The summed E-state index contributed by atoms with van der Waals surface area (Å²) in [6.07, 6.45) is -0.849. The molecule has 6 nitrogen and oxygen atoms in total. The summed E-state index contributed by atoms with van der Waals surface area (Å²) in [5.74, 6) is -1.13. The molecule has 1 aromatic heterocycles. The van der Waals surface area contributed by atoms with E-state index in [1.54, 1.807) is 24.5 Å². The van der Waals surface area contributed by atoms with Gasteiger partial charge in [-0.05, 0) is 12.1 Å². The third-order valence-electron chi connectivity index (χ3n) is 2.56. The van der Waals surface area contributed by atoms with E-state index >= 15 is 0 Å². The first kappa shape index (κ1) is 14.3. The van der Waals surface area contributed by atoms with E-state index in [4.69, 9.17) is 5.73 Å². The Morgan fingerprint density at radius 3 is 2.65 bits per heavy atom. The lowest BCUT2D eigenvalue weighted by atomic mass is 10.1. The van der Waals surface area contributed by atoms with Gasteiger partial charge in [-0.25, -0.2) is 4.99 Å². The zero-order valence-electron chi connectivity index (χ0n) is 10.4. The van der Waals surface area contributed by atoms with E-state index in [1.165, 1.54) is 6.34 Å². The quantitative estimate of drug-likeness (QED) is 0.762. The Balaban J connectivity index is 2.07. The van der Waals surface area contributed by atoms with Crippen LogP contribution in [0.15, 0.2) is 34.5 Å². The molecule has 0 amide bonds. The molecule has 2 rings (SSSR count). The van der Waals surface area contributed by atoms with Gasteiger partial charge in [0.05, 0.1) is 19.3 Å². The fourth-order valence-corrected chi connectivity index (χ4v) is 1.58. The van der Waals surface area contributed by atoms with E-state index < -0.39 is 18.4 Å². The normalized spacial score (nSPS) is 24.3. The monoisotopic (exact) mass is 286 g/mol. The average Bonchev–Trinajstić information content (AvgIpc) is 2.38. The number of rotatable bonds is 3. The van der Waals surface area contributed by atoms with E-state index in [9.17, 15) is 13.2 Å². The molecule has 0 saturated heterocycles. The number of alkyl halides is 3. The van der Waals surface area contributed by atoms with E-state index in [0.717, 1.165) is 0 Å². The topological polar surface area (TPSA) is 87.7 Å². The highest BCUT2D eigenvalue weighted by molar-refractivity contribution is 5.92. The predicted molar refractivity (Wildman–Crippen MR) is 67.8 cm³/mol. The molecule has 1 aliphatic rings. The van der Waals surface area contributed by atoms with Gasteiger partial charge < -0.3 is 10.6 Å². The number of nitrogens with zero attached hydrogens (tertiary/aromatic N) is 3. The van der Waals surface area contributed by atoms with Gasteiger partial charge in [-0.15, -0.1) is 0 Å². The standard InChI is InChI=1S/C11H13F3N6/c12-10(13,14)3-6-17-9-18-7-19-11(15,20-9)8-1-4-16-5-2-8/h1-2,4-5,7H,3,6,15H2,(H2,17,18,19,20). The van der Waals surface area contributed by atoms with Crippen molar-refractivity contribution in [2.75, 3.05) is 6.54 Å². The summed E-state index contributed by atoms with van der Waals surface area (Å²) in [4.78, 5) is 11.7. The van der Waals surface area contributed by atoms with E-state index in [1.807, 2.05) is 0 Å². The average molecular weight is 286 g/mol. The summed E-state index contributed by atoms with van der Waals surface area (Å²) in [6, 6.07) is 3.31. The van der Waals surface area contributed by atoms with Crippen LogP contribution in [0.25, 0.3) is 0 Å². The number of hydrogen-bond acceptors (Lipinski definition) is 4. The fraction of sp³-hybridized carbons (Fsp3) is 0.364. The minimum atomic E-state index is -4.24. The SMILES string of the molecule is NC1(c2ccncc2)N=CNC(=NCCC(F)(F)F)N1. The first-order chi connectivity index (χ1) is 9.39. The summed E-state index contributed by atoms with van der Waals surface area (Å²) < 4.78 is 36.2. The van der Waals surface area contributed by atoms with Crippen molar-refractivity contribution in [1.82, 2.24) is 15.6 Å². The number of halogens is 3. The molecule has 0 spiro atoms. The third-order valence-corrected chi connectivity index (χ3v) is 2.56. The fourth-order valence-electron chi connectivity index (χ4n) is 1.58. The molecule has 9 heteroatoms. The smallest absolute Gasteiger partial charge is 0.317 e. The molecular weight excluding hydrogens is 273 g/mol. The molecule has 108 valence electrons. The Hall–Kier alpha value is -2.16. The van der Waals surface area contributed by atoms with Crippen molar-refractivity contribution < 1.29 is 13.2 Å². The second-order valence-electron chi connectivity index (χ2n) is 4.13. The molecule has 0 saturated carbocycles. The van der Waals surface area contributed by atoms with Crippen LogP contribution in [0.4, 0.5) is 13.2 Å². The molecule has 2 heterocycles. The molecule has 0 aliphatic carbocycles. The van der Waals surface area contributed by atoms with Gasteiger partial charge in [-0.2, -0.15) is 13.2 Å². The molecule has 1 aliphatic heterocycles. The lowest BCUT2D eigenvalue weighted by molar-refractivity contribution is -0.132. The van der Waals surface area contributed by atoms with E-state index in [-0.39, 0.29) is 12.5 Å². The maximum atomic E-state index is 12.1. The van der Waals surface area contributed by atoms with Crippen LogP contribution in [0.1, 0.15) is 12.0 Å². The first-order valence-corrected chi connectivity index (χ1v) is 5.78. The van der Waals surface area contributed by atoms with Crippen LogP contribution in [0.2, 0.25) is 0 Å². The number of aliphatic imine (C=N–C) groups is 2. The van der Waals surface area contributed by atoms with Crippen molar-refractivity contribution in [3.63, 3.8) is 0 Å². The molecule has 0 fully saturated rings. The van der Waals surface area contributed by atoms with Crippen LogP contribution in [-0.4, -0.2) is 30.0 Å². The summed E-state index contributed by atoms with van der Waals surface area (Å²) in [5, 5.41) is 5.37. The number of guanidine groups is 1.